The second kappa shape index (κ2) is 5.36. The van der Waals surface area contributed by atoms with Crippen LogP contribution in [-0.4, -0.2) is 23.0 Å². The van der Waals surface area contributed by atoms with Crippen molar-refractivity contribution >= 4 is 10.1 Å². The average molecular weight is 202 g/mol. The quantitative estimate of drug-likeness (QED) is 0.304. The standard InChI is InChI=1S/C6H12O4S.Na/c1-3-5-6(7,4-2)11(8,9)10;/h3,7H,1,4-5H2,2H3,(H,8,9,10);/q;+1/p-1. The maximum Gasteiger partial charge on any atom is 1.00 e. The van der Waals surface area contributed by atoms with Gasteiger partial charge in [-0.25, -0.2) is 8.42 Å². The Kier molecular flexibility index (Phi) is 6.75. The Morgan fingerprint density at radius 1 is 1.67 bits per heavy atom. The molecule has 0 aliphatic carbocycles. The summed E-state index contributed by atoms with van der Waals surface area (Å²) in [5.74, 6) is 0. The van der Waals surface area contributed by atoms with Crippen LogP contribution in [0.3, 0.4) is 0 Å². The van der Waals surface area contributed by atoms with Crippen molar-refractivity contribution in [2.75, 3.05) is 0 Å². The van der Waals surface area contributed by atoms with E-state index in [1.165, 1.54) is 13.0 Å². The molecule has 0 radical (unpaired) electrons. The Morgan fingerprint density at radius 2 is 2.08 bits per heavy atom. The van der Waals surface area contributed by atoms with Crippen LogP contribution in [0.1, 0.15) is 19.8 Å². The number of hydrogen-bond donors (Lipinski definition) is 1. The van der Waals surface area contributed by atoms with Gasteiger partial charge in [0.05, 0.1) is 0 Å². The van der Waals surface area contributed by atoms with E-state index in [2.05, 4.69) is 6.58 Å². The van der Waals surface area contributed by atoms with Crippen LogP contribution in [0.15, 0.2) is 12.7 Å². The van der Waals surface area contributed by atoms with Crippen LogP contribution in [0, 0.1) is 0 Å². The Morgan fingerprint density at radius 3 is 2.17 bits per heavy atom. The topological polar surface area (TPSA) is 77.4 Å². The summed E-state index contributed by atoms with van der Waals surface area (Å²) in [6, 6.07) is 0. The summed E-state index contributed by atoms with van der Waals surface area (Å²) in [7, 11) is -4.64. The monoisotopic (exact) mass is 202 g/mol. The van der Waals surface area contributed by atoms with Crippen LogP contribution < -0.4 is 29.6 Å². The molecule has 0 saturated heterocycles. The minimum atomic E-state index is -4.64. The maximum atomic E-state index is 10.4. The zero-order chi connectivity index (χ0) is 9.12. The zero-order valence-electron chi connectivity index (χ0n) is 7.28. The molecular formula is C6H11NaO4S. The molecule has 1 unspecified atom stereocenters. The molecule has 0 bridgehead atoms. The third kappa shape index (κ3) is 3.55. The molecule has 12 heavy (non-hydrogen) atoms. The maximum absolute atomic E-state index is 10.4. The van der Waals surface area contributed by atoms with Crippen LogP contribution in [0.25, 0.3) is 0 Å². The number of hydrogen-bond acceptors (Lipinski definition) is 4. The molecule has 0 saturated carbocycles. The Hall–Kier alpha value is 0.610. The normalized spacial score (nSPS) is 15.9. The number of aliphatic hydroxyl groups is 1. The minimum absolute atomic E-state index is 0. The Labute approximate surface area is 94.7 Å². The molecule has 0 rings (SSSR count). The second-order valence-electron chi connectivity index (χ2n) is 2.25. The van der Waals surface area contributed by atoms with E-state index in [0.717, 1.165) is 0 Å². The van der Waals surface area contributed by atoms with Gasteiger partial charge < -0.3 is 9.66 Å². The predicted molar refractivity (Wildman–Crippen MR) is 39.8 cm³/mol. The molecule has 6 heteroatoms. The van der Waals surface area contributed by atoms with Gasteiger partial charge in [-0.05, 0) is 6.42 Å². The van der Waals surface area contributed by atoms with Crippen molar-refractivity contribution < 1.29 is 47.6 Å². The van der Waals surface area contributed by atoms with Gasteiger partial charge in [-0.3, -0.25) is 0 Å². The third-order valence-corrected chi connectivity index (χ3v) is 2.87. The fourth-order valence-electron chi connectivity index (χ4n) is 0.649. The van der Waals surface area contributed by atoms with Crippen LogP contribution in [0.5, 0.6) is 0 Å². The fourth-order valence-corrected chi connectivity index (χ4v) is 1.32. The summed E-state index contributed by atoms with van der Waals surface area (Å²) in [5, 5.41) is 9.18. The Bertz CT molecular complexity index is 236. The smallest absolute Gasteiger partial charge is 0.746 e. The van der Waals surface area contributed by atoms with Crippen molar-refractivity contribution in [1.82, 2.24) is 0 Å². The van der Waals surface area contributed by atoms with Crippen LogP contribution >= 0.6 is 0 Å². The van der Waals surface area contributed by atoms with E-state index < -0.39 is 15.1 Å². The molecule has 0 aromatic rings. The van der Waals surface area contributed by atoms with Gasteiger partial charge in [0.1, 0.15) is 10.1 Å². The predicted octanol–water partition coefficient (Wildman–Crippen LogP) is -2.79. The summed E-state index contributed by atoms with van der Waals surface area (Å²) >= 11 is 0. The van der Waals surface area contributed by atoms with Crippen molar-refractivity contribution in [3.05, 3.63) is 12.7 Å². The zero-order valence-corrected chi connectivity index (χ0v) is 10.1. The van der Waals surface area contributed by atoms with E-state index in [1.54, 1.807) is 0 Å². The van der Waals surface area contributed by atoms with Gasteiger partial charge in [-0.2, -0.15) is 0 Å². The van der Waals surface area contributed by atoms with Gasteiger partial charge in [0.2, 0.25) is 0 Å². The van der Waals surface area contributed by atoms with E-state index in [-0.39, 0.29) is 42.4 Å². The van der Waals surface area contributed by atoms with Crippen molar-refractivity contribution in [3.63, 3.8) is 0 Å². The summed E-state index contributed by atoms with van der Waals surface area (Å²) in [6.07, 6.45) is 0.860. The van der Waals surface area contributed by atoms with Crippen molar-refractivity contribution in [1.29, 1.82) is 0 Å². The molecule has 0 fully saturated rings. The third-order valence-electron chi connectivity index (χ3n) is 1.48. The first-order valence-electron chi connectivity index (χ1n) is 3.16. The van der Waals surface area contributed by atoms with E-state index in [0.29, 0.717) is 0 Å². The summed E-state index contributed by atoms with van der Waals surface area (Å²) in [6.45, 7) is 4.67. The van der Waals surface area contributed by atoms with Crippen LogP contribution in [-0.2, 0) is 10.1 Å². The summed E-state index contributed by atoms with van der Waals surface area (Å²) < 4.78 is 31.3. The molecule has 0 aromatic carbocycles. The molecule has 1 atom stereocenters. The first-order chi connectivity index (χ1) is 4.87. The number of rotatable bonds is 4. The van der Waals surface area contributed by atoms with Crippen LogP contribution in [0.2, 0.25) is 0 Å². The van der Waals surface area contributed by atoms with E-state index in [9.17, 15) is 18.1 Å². The van der Waals surface area contributed by atoms with Gasteiger partial charge in [0, 0.05) is 6.42 Å². The van der Waals surface area contributed by atoms with Gasteiger partial charge in [0.25, 0.3) is 0 Å². The molecule has 0 aliphatic heterocycles. The fraction of sp³-hybridized carbons (Fsp3) is 0.667. The largest absolute Gasteiger partial charge is 1.00 e. The van der Waals surface area contributed by atoms with Crippen molar-refractivity contribution in [2.24, 2.45) is 0 Å². The van der Waals surface area contributed by atoms with Crippen LogP contribution in [0.4, 0.5) is 0 Å². The summed E-state index contributed by atoms with van der Waals surface area (Å²) in [4.78, 5) is -2.17. The van der Waals surface area contributed by atoms with Gasteiger partial charge in [0.15, 0.2) is 4.93 Å². The van der Waals surface area contributed by atoms with Gasteiger partial charge in [-0.1, -0.05) is 13.0 Å². The Balaban J connectivity index is 0. The van der Waals surface area contributed by atoms with Gasteiger partial charge in [-0.15, -0.1) is 6.58 Å². The van der Waals surface area contributed by atoms with Crippen molar-refractivity contribution in [3.8, 4) is 0 Å². The van der Waals surface area contributed by atoms with E-state index >= 15 is 0 Å². The molecular weight excluding hydrogens is 191 g/mol. The first kappa shape index (κ1) is 15.1. The molecule has 0 amide bonds. The van der Waals surface area contributed by atoms with Crippen molar-refractivity contribution in [2.45, 2.75) is 24.7 Å². The second-order valence-corrected chi connectivity index (χ2v) is 3.91. The van der Waals surface area contributed by atoms with E-state index in [4.69, 9.17) is 0 Å². The molecule has 0 spiro atoms. The molecule has 1 N–H and O–H groups in total. The molecule has 0 aromatic heterocycles. The SMILES string of the molecule is C=CCC(O)(CC)S(=O)(=O)[O-].[Na+]. The minimum Gasteiger partial charge on any atom is -0.746 e. The summed E-state index contributed by atoms with van der Waals surface area (Å²) in [5.41, 5.74) is 0. The molecule has 0 heterocycles. The molecule has 0 aliphatic rings. The first-order valence-corrected chi connectivity index (χ1v) is 4.57. The van der Waals surface area contributed by atoms with E-state index in [1.807, 2.05) is 0 Å². The van der Waals surface area contributed by atoms with Gasteiger partial charge >= 0.3 is 29.6 Å². The average Bonchev–Trinajstić information content (AvgIpc) is 1.86. The molecule has 66 valence electrons. The molecule has 4 nitrogen and oxygen atoms in total.